The molecular weight excluding hydrogens is 422 g/mol. The molecule has 8 heteroatoms. The van der Waals surface area contributed by atoms with Crippen molar-refractivity contribution in [3.63, 3.8) is 0 Å². The minimum atomic E-state index is -0.275. The molecule has 4 aromatic rings. The van der Waals surface area contributed by atoms with Gasteiger partial charge in [-0.05, 0) is 49.4 Å². The third-order valence-corrected chi connectivity index (χ3v) is 7.08. The Balaban J connectivity index is 1.62. The first kappa shape index (κ1) is 20.5. The van der Waals surface area contributed by atoms with Crippen molar-refractivity contribution < 1.29 is 9.59 Å². The molecule has 0 radical (unpaired) electrons. The van der Waals surface area contributed by atoms with E-state index in [0.717, 1.165) is 27.3 Å². The number of benzene rings is 1. The molecule has 164 valence electrons. The molecule has 1 saturated heterocycles. The maximum absolute atomic E-state index is 13.5. The molecule has 7 nitrogen and oxygen atoms in total. The summed E-state index contributed by atoms with van der Waals surface area (Å²) < 4.78 is 3.99. The summed E-state index contributed by atoms with van der Waals surface area (Å²) in [5, 5.41) is 7.95. The number of primary amides is 1. The van der Waals surface area contributed by atoms with Gasteiger partial charge >= 0.3 is 0 Å². The number of nitrogens with zero attached hydrogens (tertiary/aromatic N) is 4. The van der Waals surface area contributed by atoms with Gasteiger partial charge in [0, 0.05) is 30.9 Å². The molecule has 0 atom stereocenters. The van der Waals surface area contributed by atoms with E-state index < -0.39 is 0 Å². The number of aromatic nitrogens is 3. The number of likely N-dealkylation sites (tertiary alicyclic amines) is 1. The lowest BCUT2D eigenvalue weighted by Gasteiger charge is -2.30. The van der Waals surface area contributed by atoms with E-state index in [1.54, 1.807) is 11.3 Å². The Kier molecular flexibility index (Phi) is 5.30. The lowest BCUT2D eigenvalue weighted by atomic mass is 9.96. The Morgan fingerprint density at radius 2 is 1.88 bits per heavy atom. The maximum Gasteiger partial charge on any atom is 0.270 e. The number of nitrogens with two attached hydrogens (primary N) is 1. The van der Waals surface area contributed by atoms with Crippen molar-refractivity contribution in [3.8, 4) is 16.3 Å². The van der Waals surface area contributed by atoms with Gasteiger partial charge in [-0.25, -0.2) is 4.68 Å². The Labute approximate surface area is 190 Å². The molecule has 0 unspecified atom stereocenters. The molecule has 5 rings (SSSR count). The number of fused-ring (bicyclic) bond motifs is 1. The summed E-state index contributed by atoms with van der Waals surface area (Å²) in [5.41, 5.74) is 8.86. The highest BCUT2D eigenvalue weighted by Gasteiger charge is 2.30. The van der Waals surface area contributed by atoms with Crippen molar-refractivity contribution >= 4 is 34.2 Å². The van der Waals surface area contributed by atoms with Crippen LogP contribution in [0.15, 0.2) is 53.9 Å². The zero-order chi connectivity index (χ0) is 22.2. The van der Waals surface area contributed by atoms with Crippen LogP contribution in [-0.2, 0) is 11.3 Å². The quantitative estimate of drug-likeness (QED) is 0.503. The normalized spacial score (nSPS) is 14.8. The summed E-state index contributed by atoms with van der Waals surface area (Å²) in [6.45, 7) is 3.77. The van der Waals surface area contributed by atoms with E-state index in [4.69, 9.17) is 10.8 Å². The first-order valence-electron chi connectivity index (χ1n) is 10.9. The van der Waals surface area contributed by atoms with Crippen LogP contribution in [0.3, 0.4) is 0 Å². The molecule has 3 aromatic heterocycles. The van der Waals surface area contributed by atoms with Crippen LogP contribution in [0, 0.1) is 5.92 Å². The maximum atomic E-state index is 13.5. The molecule has 32 heavy (non-hydrogen) atoms. The van der Waals surface area contributed by atoms with Crippen LogP contribution >= 0.6 is 11.3 Å². The standard InChI is InChI=1S/C24H25N5O2S/c1-2-28-19(24(31)27-12-10-16(11-13-27)22(25)30)15-18-21(20-9-6-14-32-20)26-29(23(18)28)17-7-4-3-5-8-17/h3-9,14-16H,2,10-13H2,1H3,(H2,25,30). The van der Waals surface area contributed by atoms with E-state index in [2.05, 4.69) is 10.6 Å². The second kappa shape index (κ2) is 8.27. The lowest BCUT2D eigenvalue weighted by Crippen LogP contribution is -2.42. The van der Waals surface area contributed by atoms with Gasteiger partial charge in [-0.15, -0.1) is 11.3 Å². The number of amides is 2. The summed E-state index contributed by atoms with van der Waals surface area (Å²) in [6, 6.07) is 16.0. The predicted molar refractivity (Wildman–Crippen MR) is 126 cm³/mol. The highest BCUT2D eigenvalue weighted by molar-refractivity contribution is 7.13. The average molecular weight is 448 g/mol. The fraction of sp³-hybridized carbons (Fsp3) is 0.292. The fourth-order valence-corrected chi connectivity index (χ4v) is 5.24. The molecule has 1 aromatic carbocycles. The number of carbonyl (C=O) groups excluding carboxylic acids is 2. The van der Waals surface area contributed by atoms with Crippen molar-refractivity contribution in [2.75, 3.05) is 13.1 Å². The van der Waals surface area contributed by atoms with Gasteiger partial charge in [0.25, 0.3) is 5.91 Å². The lowest BCUT2D eigenvalue weighted by molar-refractivity contribution is -0.123. The van der Waals surface area contributed by atoms with Gasteiger partial charge in [-0.2, -0.15) is 5.10 Å². The summed E-state index contributed by atoms with van der Waals surface area (Å²) in [5.74, 6) is -0.431. The Morgan fingerprint density at radius 1 is 1.12 bits per heavy atom. The van der Waals surface area contributed by atoms with Crippen LogP contribution in [0.4, 0.5) is 0 Å². The van der Waals surface area contributed by atoms with Gasteiger partial charge in [0.1, 0.15) is 17.0 Å². The highest BCUT2D eigenvalue weighted by atomic mass is 32.1. The van der Waals surface area contributed by atoms with Gasteiger partial charge in [0.05, 0.1) is 10.6 Å². The van der Waals surface area contributed by atoms with Crippen LogP contribution in [0.5, 0.6) is 0 Å². The Hall–Kier alpha value is -3.39. The van der Waals surface area contributed by atoms with Gasteiger partial charge < -0.3 is 15.2 Å². The molecular formula is C24H25N5O2S. The van der Waals surface area contributed by atoms with Crippen LogP contribution in [0.2, 0.25) is 0 Å². The van der Waals surface area contributed by atoms with Gasteiger partial charge in [-0.1, -0.05) is 24.3 Å². The van der Waals surface area contributed by atoms with E-state index in [1.807, 2.05) is 64.4 Å². The SMILES string of the molecule is CCn1c(C(=O)N2CCC(C(N)=O)CC2)cc2c(-c3cccs3)nn(-c3ccccc3)c21. The number of hydrogen-bond acceptors (Lipinski definition) is 4. The van der Waals surface area contributed by atoms with Crippen LogP contribution in [0.25, 0.3) is 27.3 Å². The average Bonchev–Trinajstić information content (AvgIpc) is 3.55. The summed E-state index contributed by atoms with van der Waals surface area (Å²) in [4.78, 5) is 28.0. The molecule has 4 heterocycles. The minimum Gasteiger partial charge on any atom is -0.369 e. The Morgan fingerprint density at radius 3 is 2.50 bits per heavy atom. The van der Waals surface area contributed by atoms with Crippen molar-refractivity contribution in [3.05, 3.63) is 59.6 Å². The van der Waals surface area contributed by atoms with Crippen LogP contribution in [-0.4, -0.2) is 44.2 Å². The van der Waals surface area contributed by atoms with E-state index in [0.29, 0.717) is 38.2 Å². The van der Waals surface area contributed by atoms with E-state index in [-0.39, 0.29) is 17.7 Å². The molecule has 2 N–H and O–H groups in total. The van der Waals surface area contributed by atoms with Gasteiger partial charge in [0.15, 0.2) is 0 Å². The van der Waals surface area contributed by atoms with Crippen LogP contribution < -0.4 is 5.73 Å². The second-order valence-corrected chi connectivity index (χ2v) is 9.00. The first-order valence-corrected chi connectivity index (χ1v) is 11.8. The zero-order valence-electron chi connectivity index (χ0n) is 17.9. The smallest absolute Gasteiger partial charge is 0.270 e. The van der Waals surface area contributed by atoms with Crippen LogP contribution in [0.1, 0.15) is 30.3 Å². The van der Waals surface area contributed by atoms with Crippen molar-refractivity contribution in [1.29, 1.82) is 0 Å². The molecule has 0 bridgehead atoms. The summed E-state index contributed by atoms with van der Waals surface area (Å²) in [6.07, 6.45) is 1.23. The topological polar surface area (TPSA) is 86.2 Å². The number of rotatable bonds is 5. The number of carbonyl (C=O) groups is 2. The Bertz CT molecular complexity index is 1260. The van der Waals surface area contributed by atoms with Crippen molar-refractivity contribution in [2.45, 2.75) is 26.3 Å². The molecule has 0 aliphatic carbocycles. The molecule has 1 aliphatic rings. The third-order valence-electron chi connectivity index (χ3n) is 6.20. The third kappa shape index (κ3) is 3.40. The van der Waals surface area contributed by atoms with E-state index in [1.165, 1.54) is 0 Å². The molecule has 2 amide bonds. The highest BCUT2D eigenvalue weighted by Crippen LogP contribution is 2.35. The van der Waals surface area contributed by atoms with Crippen molar-refractivity contribution in [1.82, 2.24) is 19.2 Å². The van der Waals surface area contributed by atoms with Gasteiger partial charge in [0.2, 0.25) is 5.91 Å². The van der Waals surface area contributed by atoms with Gasteiger partial charge in [-0.3, -0.25) is 9.59 Å². The number of para-hydroxylation sites is 1. The molecule has 1 fully saturated rings. The largest absolute Gasteiger partial charge is 0.369 e. The second-order valence-electron chi connectivity index (χ2n) is 8.05. The monoisotopic (exact) mass is 447 g/mol. The fourth-order valence-electron chi connectivity index (χ4n) is 4.51. The molecule has 0 spiro atoms. The minimum absolute atomic E-state index is 0.0114. The number of thiophene rings is 1. The van der Waals surface area contributed by atoms with E-state index in [9.17, 15) is 9.59 Å². The van der Waals surface area contributed by atoms with Crippen molar-refractivity contribution in [2.24, 2.45) is 11.7 Å². The number of piperidine rings is 1. The number of hydrogen-bond donors (Lipinski definition) is 1. The number of aryl methyl sites for hydroxylation is 1. The molecule has 1 aliphatic heterocycles. The van der Waals surface area contributed by atoms with E-state index >= 15 is 0 Å². The summed E-state index contributed by atoms with van der Waals surface area (Å²) >= 11 is 1.64. The predicted octanol–water partition coefficient (Wildman–Crippen LogP) is 3.91. The zero-order valence-corrected chi connectivity index (χ0v) is 18.7. The first-order chi connectivity index (χ1) is 15.6. The molecule has 0 saturated carbocycles. The summed E-state index contributed by atoms with van der Waals surface area (Å²) in [7, 11) is 0.